The molecule has 4 rings (SSSR count). The number of aliphatic carboxylic acids is 1. The first kappa shape index (κ1) is 23.7. The summed E-state index contributed by atoms with van der Waals surface area (Å²) in [4.78, 5) is 25.2. The van der Waals surface area contributed by atoms with Gasteiger partial charge >= 0.3 is 12.1 Å². The number of hydrogen-bond acceptors (Lipinski definition) is 4. The number of halogens is 3. The molecular weight excluding hydrogens is 467 g/mol. The van der Waals surface area contributed by atoms with E-state index < -0.39 is 34.7 Å². The first-order chi connectivity index (χ1) is 16.1. The molecule has 1 spiro atoms. The third-order valence-corrected chi connectivity index (χ3v) is 6.75. The Labute approximate surface area is 199 Å². The van der Waals surface area contributed by atoms with Crippen LogP contribution in [0.5, 0.6) is 0 Å². The van der Waals surface area contributed by atoms with E-state index in [9.17, 15) is 22.8 Å². The van der Waals surface area contributed by atoms with Crippen molar-refractivity contribution in [1.82, 2.24) is 5.32 Å². The number of hydrogen-bond donors (Lipinski definition) is 2. The van der Waals surface area contributed by atoms with Crippen molar-refractivity contribution in [2.24, 2.45) is 0 Å². The van der Waals surface area contributed by atoms with Crippen LogP contribution in [-0.4, -0.2) is 27.6 Å². The van der Waals surface area contributed by atoms with Gasteiger partial charge in [0.2, 0.25) is 0 Å². The van der Waals surface area contributed by atoms with E-state index in [1.54, 1.807) is 0 Å². The number of benzene rings is 2. The Morgan fingerprint density at radius 3 is 2.53 bits per heavy atom. The largest absolute Gasteiger partial charge is 0.481 e. The second kappa shape index (κ2) is 8.72. The summed E-state index contributed by atoms with van der Waals surface area (Å²) in [7, 11) is 0. The zero-order valence-corrected chi connectivity index (χ0v) is 18.7. The number of carboxylic acids is 1. The maximum Gasteiger partial charge on any atom is 0.417 e. The molecule has 2 fully saturated rings. The Morgan fingerprint density at radius 2 is 1.97 bits per heavy atom. The summed E-state index contributed by atoms with van der Waals surface area (Å²) in [6.45, 7) is 0. The Hall–Kier alpha value is -3.45. The lowest BCUT2D eigenvalue weighted by atomic mass is 9.63. The number of thiocarbonyl (C=S) groups is 1. The monoisotopic (exact) mass is 487 g/mol. The van der Waals surface area contributed by atoms with E-state index in [2.05, 4.69) is 5.32 Å². The van der Waals surface area contributed by atoms with Crippen molar-refractivity contribution in [2.75, 3.05) is 4.90 Å². The normalized spacial score (nSPS) is 21.8. The molecule has 1 heterocycles. The number of nitriles is 1. The van der Waals surface area contributed by atoms with E-state index in [1.807, 2.05) is 24.3 Å². The number of aryl methyl sites for hydroxylation is 1. The fraction of sp³-hybridized carbons (Fsp3) is 0.333. The summed E-state index contributed by atoms with van der Waals surface area (Å²) in [6, 6.07) is 12.2. The Bertz CT molecular complexity index is 1210. The van der Waals surface area contributed by atoms with Crippen LogP contribution in [0.25, 0.3) is 0 Å². The van der Waals surface area contributed by atoms with Gasteiger partial charge in [0.05, 0.1) is 22.9 Å². The molecule has 1 aliphatic heterocycles. The molecule has 1 saturated carbocycles. The van der Waals surface area contributed by atoms with Gasteiger partial charge in [-0.2, -0.15) is 18.4 Å². The van der Waals surface area contributed by atoms with Crippen LogP contribution in [0.3, 0.4) is 0 Å². The predicted octanol–water partition coefficient (Wildman–Crippen LogP) is 4.52. The van der Waals surface area contributed by atoms with E-state index in [0.29, 0.717) is 25.7 Å². The summed E-state index contributed by atoms with van der Waals surface area (Å²) < 4.78 is 40.3. The molecule has 2 atom stereocenters. The van der Waals surface area contributed by atoms with Crippen molar-refractivity contribution < 1.29 is 27.9 Å². The summed E-state index contributed by atoms with van der Waals surface area (Å²) in [5.74, 6) is -1.47. The molecule has 34 heavy (non-hydrogen) atoms. The van der Waals surface area contributed by atoms with Crippen LogP contribution in [-0.2, 0) is 22.2 Å². The Balaban J connectivity index is 1.57. The highest BCUT2D eigenvalue weighted by molar-refractivity contribution is 7.80. The number of carbonyl (C=O) groups is 2. The molecule has 6 nitrogen and oxygen atoms in total. The van der Waals surface area contributed by atoms with Gasteiger partial charge in [0, 0.05) is 12.3 Å². The first-order valence-corrected chi connectivity index (χ1v) is 11.1. The fourth-order valence-corrected chi connectivity index (χ4v) is 4.99. The van der Waals surface area contributed by atoms with Gasteiger partial charge in [-0.3, -0.25) is 14.5 Å². The zero-order chi connectivity index (χ0) is 24.7. The van der Waals surface area contributed by atoms with Crippen molar-refractivity contribution in [1.29, 1.82) is 5.26 Å². The first-order valence-electron chi connectivity index (χ1n) is 10.7. The number of amides is 1. The van der Waals surface area contributed by atoms with Gasteiger partial charge in [-0.1, -0.05) is 24.3 Å². The minimum Gasteiger partial charge on any atom is -0.481 e. The smallest absolute Gasteiger partial charge is 0.417 e. The standard InChI is InChI=1S/C24H20F3N3O3S/c25-24(26,27)19-12-17(9-8-16(19)13-28)30-21(33)23(29-22(30)34)11-10-18(23)15-6-4-14(5-7-15)2-1-3-20(31)32/h4-9,12,18H,1-3,10-11H2,(H,29,34)(H,31,32). The predicted molar refractivity (Wildman–Crippen MR) is 121 cm³/mol. The van der Waals surface area contributed by atoms with Gasteiger partial charge in [-0.15, -0.1) is 0 Å². The topological polar surface area (TPSA) is 93.4 Å². The summed E-state index contributed by atoms with van der Waals surface area (Å²) in [5.41, 5.74) is -0.832. The third-order valence-electron chi connectivity index (χ3n) is 6.47. The van der Waals surface area contributed by atoms with E-state index in [-0.39, 0.29) is 23.1 Å². The van der Waals surface area contributed by atoms with Gasteiger partial charge < -0.3 is 10.4 Å². The second-order valence-electron chi connectivity index (χ2n) is 8.46. The van der Waals surface area contributed by atoms with Crippen LogP contribution < -0.4 is 10.2 Å². The lowest BCUT2D eigenvalue weighted by Gasteiger charge is -2.45. The summed E-state index contributed by atoms with van der Waals surface area (Å²) in [6.07, 6.45) is -2.33. The van der Waals surface area contributed by atoms with E-state index in [0.717, 1.165) is 28.2 Å². The lowest BCUT2D eigenvalue weighted by Crippen LogP contribution is -2.58. The van der Waals surface area contributed by atoms with Gasteiger partial charge in [0.1, 0.15) is 5.54 Å². The molecule has 176 valence electrons. The number of rotatable bonds is 6. The number of carboxylic acid groups (broad SMARTS) is 1. The molecule has 1 aliphatic carbocycles. The lowest BCUT2D eigenvalue weighted by molar-refractivity contribution is -0.138. The molecule has 0 radical (unpaired) electrons. The number of carbonyl (C=O) groups excluding carboxylic acids is 1. The molecule has 2 aromatic carbocycles. The Kier molecular flexibility index (Phi) is 6.08. The van der Waals surface area contributed by atoms with E-state index >= 15 is 0 Å². The van der Waals surface area contributed by atoms with Crippen molar-refractivity contribution in [3.63, 3.8) is 0 Å². The highest BCUT2D eigenvalue weighted by Crippen LogP contribution is 2.50. The number of anilines is 1. The average Bonchev–Trinajstić information content (AvgIpc) is 3.05. The summed E-state index contributed by atoms with van der Waals surface area (Å²) in [5, 5.41) is 20.9. The van der Waals surface area contributed by atoms with E-state index in [1.165, 1.54) is 12.1 Å². The number of alkyl halides is 3. The molecular formula is C24H20F3N3O3S. The molecule has 1 saturated heterocycles. The molecule has 0 bridgehead atoms. The minimum atomic E-state index is -4.75. The maximum atomic E-state index is 13.5. The Morgan fingerprint density at radius 1 is 1.26 bits per heavy atom. The van der Waals surface area contributed by atoms with Crippen LogP contribution in [0.1, 0.15) is 53.9 Å². The van der Waals surface area contributed by atoms with Gasteiger partial charge in [0.25, 0.3) is 5.91 Å². The van der Waals surface area contributed by atoms with Crippen molar-refractivity contribution in [3.05, 3.63) is 64.7 Å². The highest BCUT2D eigenvalue weighted by atomic mass is 32.1. The maximum absolute atomic E-state index is 13.5. The van der Waals surface area contributed by atoms with Crippen molar-refractivity contribution in [2.45, 2.75) is 49.7 Å². The van der Waals surface area contributed by atoms with Crippen LogP contribution >= 0.6 is 12.2 Å². The molecule has 2 unspecified atom stereocenters. The fourth-order valence-electron chi connectivity index (χ4n) is 4.62. The number of nitrogens with zero attached hydrogens (tertiary/aromatic N) is 2. The number of nitrogens with one attached hydrogen (secondary N) is 1. The molecule has 0 aromatic heterocycles. The highest BCUT2D eigenvalue weighted by Gasteiger charge is 2.60. The average molecular weight is 488 g/mol. The molecule has 10 heteroatoms. The molecule has 1 amide bonds. The van der Waals surface area contributed by atoms with Crippen molar-refractivity contribution in [3.8, 4) is 6.07 Å². The van der Waals surface area contributed by atoms with Gasteiger partial charge in [-0.25, -0.2) is 0 Å². The minimum absolute atomic E-state index is 0.0258. The van der Waals surface area contributed by atoms with Crippen LogP contribution in [0.2, 0.25) is 0 Å². The van der Waals surface area contributed by atoms with Crippen LogP contribution in [0, 0.1) is 11.3 Å². The van der Waals surface area contributed by atoms with Crippen LogP contribution in [0.15, 0.2) is 42.5 Å². The molecule has 2 aliphatic rings. The van der Waals surface area contributed by atoms with Crippen molar-refractivity contribution >= 4 is 34.9 Å². The SMILES string of the molecule is N#Cc1ccc(N2C(=O)C3(CCC3c3ccc(CCCC(=O)O)cc3)NC2=S)cc1C(F)(F)F. The molecule has 2 N–H and O–H groups in total. The zero-order valence-electron chi connectivity index (χ0n) is 17.9. The van der Waals surface area contributed by atoms with Gasteiger partial charge in [-0.05, 0) is 67.2 Å². The van der Waals surface area contributed by atoms with E-state index in [4.69, 9.17) is 22.6 Å². The van der Waals surface area contributed by atoms with Gasteiger partial charge in [0.15, 0.2) is 5.11 Å². The van der Waals surface area contributed by atoms with Crippen LogP contribution in [0.4, 0.5) is 18.9 Å². The quantitative estimate of drug-likeness (QED) is 0.582. The third kappa shape index (κ3) is 4.12. The molecule has 2 aromatic rings. The second-order valence-corrected chi connectivity index (χ2v) is 8.85. The summed E-state index contributed by atoms with van der Waals surface area (Å²) >= 11 is 5.34.